The van der Waals surface area contributed by atoms with Crippen molar-refractivity contribution in [3.63, 3.8) is 0 Å². The van der Waals surface area contributed by atoms with Crippen molar-refractivity contribution in [2.45, 2.75) is 4.90 Å². The molecule has 0 radical (unpaired) electrons. The number of piperazine rings is 1. The molecule has 2 aromatic rings. The molecular weight excluding hydrogens is 316 g/mol. The van der Waals surface area contributed by atoms with E-state index in [0.29, 0.717) is 10.9 Å². The summed E-state index contributed by atoms with van der Waals surface area (Å²) in [6, 6.07) is 11.4. The molecule has 3 rings (SSSR count). The van der Waals surface area contributed by atoms with E-state index in [0.717, 1.165) is 42.5 Å². The van der Waals surface area contributed by atoms with E-state index in [4.69, 9.17) is 17.0 Å². The van der Waals surface area contributed by atoms with Crippen molar-refractivity contribution in [1.29, 1.82) is 5.41 Å². The third kappa shape index (κ3) is 3.05. The third-order valence-corrected chi connectivity index (χ3v) is 4.48. The van der Waals surface area contributed by atoms with Gasteiger partial charge >= 0.3 is 0 Å². The summed E-state index contributed by atoms with van der Waals surface area (Å²) in [4.78, 5) is 9.43. The highest BCUT2D eigenvalue weighted by molar-refractivity contribution is 7.80. The van der Waals surface area contributed by atoms with Gasteiger partial charge in [0.05, 0.1) is 5.02 Å². The summed E-state index contributed by atoms with van der Waals surface area (Å²) in [5.41, 5.74) is 0.871. The van der Waals surface area contributed by atoms with Crippen LogP contribution in [0.15, 0.2) is 47.5 Å². The molecule has 4 nitrogen and oxygen atoms in total. The van der Waals surface area contributed by atoms with Crippen molar-refractivity contribution in [2.75, 3.05) is 31.1 Å². The fourth-order valence-electron chi connectivity index (χ4n) is 2.60. The van der Waals surface area contributed by atoms with Gasteiger partial charge in [-0.25, -0.2) is 4.98 Å². The number of pyridine rings is 1. The maximum absolute atomic E-state index is 8.39. The van der Waals surface area contributed by atoms with Gasteiger partial charge in [0.1, 0.15) is 11.7 Å². The minimum absolute atomic E-state index is 0.525. The van der Waals surface area contributed by atoms with Gasteiger partial charge in [-0.15, -0.1) is 12.6 Å². The van der Waals surface area contributed by atoms with Crippen LogP contribution >= 0.6 is 24.2 Å². The van der Waals surface area contributed by atoms with E-state index >= 15 is 0 Å². The van der Waals surface area contributed by atoms with E-state index in [2.05, 4.69) is 27.4 Å². The van der Waals surface area contributed by atoms with Crippen LogP contribution in [0.4, 0.5) is 5.82 Å². The molecule has 2 heterocycles. The first-order valence-corrected chi connectivity index (χ1v) is 7.96. The van der Waals surface area contributed by atoms with Crippen molar-refractivity contribution in [1.82, 2.24) is 9.88 Å². The second-order valence-corrected chi connectivity index (χ2v) is 6.04. The molecule has 1 aliphatic rings. The lowest BCUT2D eigenvalue weighted by Crippen LogP contribution is -2.49. The SMILES string of the molecule is N=C(c1ccccc1S)N1CCN(c2ncccc2Cl)CC1. The first-order valence-electron chi connectivity index (χ1n) is 7.14. The van der Waals surface area contributed by atoms with Crippen LogP contribution in [-0.4, -0.2) is 41.9 Å². The average Bonchev–Trinajstić information content (AvgIpc) is 2.55. The molecule has 114 valence electrons. The molecule has 0 unspecified atom stereocenters. The van der Waals surface area contributed by atoms with Gasteiger partial charge in [0, 0.05) is 42.8 Å². The molecule has 0 bridgehead atoms. The third-order valence-electron chi connectivity index (χ3n) is 3.79. The van der Waals surface area contributed by atoms with Gasteiger partial charge in [0.2, 0.25) is 0 Å². The van der Waals surface area contributed by atoms with Crippen LogP contribution in [0, 0.1) is 5.41 Å². The molecule has 1 aromatic carbocycles. The number of rotatable bonds is 2. The first-order chi connectivity index (χ1) is 10.7. The number of amidine groups is 1. The zero-order valence-electron chi connectivity index (χ0n) is 12.0. The Hall–Kier alpha value is -1.72. The quantitative estimate of drug-likeness (QED) is 0.504. The monoisotopic (exact) mass is 332 g/mol. The van der Waals surface area contributed by atoms with Crippen molar-refractivity contribution in [3.8, 4) is 0 Å². The number of halogens is 1. The molecule has 0 spiro atoms. The average molecular weight is 333 g/mol. The maximum Gasteiger partial charge on any atom is 0.147 e. The molecule has 0 aliphatic carbocycles. The number of nitrogens with zero attached hydrogens (tertiary/aromatic N) is 3. The predicted octanol–water partition coefficient (Wildman–Crippen LogP) is 3.17. The number of anilines is 1. The molecule has 22 heavy (non-hydrogen) atoms. The van der Waals surface area contributed by atoms with E-state index < -0.39 is 0 Å². The lowest BCUT2D eigenvalue weighted by Gasteiger charge is -2.37. The molecule has 0 saturated carbocycles. The van der Waals surface area contributed by atoms with Gasteiger partial charge in [-0.3, -0.25) is 5.41 Å². The Balaban J connectivity index is 1.68. The Labute approximate surface area is 140 Å². The molecule has 0 atom stereocenters. The van der Waals surface area contributed by atoms with E-state index in [1.807, 2.05) is 36.4 Å². The van der Waals surface area contributed by atoms with Crippen molar-refractivity contribution in [3.05, 3.63) is 53.2 Å². The number of nitrogens with one attached hydrogen (secondary N) is 1. The predicted molar refractivity (Wildman–Crippen MR) is 93.6 cm³/mol. The second kappa shape index (κ2) is 6.58. The minimum atomic E-state index is 0.525. The van der Waals surface area contributed by atoms with Crippen LogP contribution in [0.25, 0.3) is 0 Å². The van der Waals surface area contributed by atoms with Crippen LogP contribution in [0.5, 0.6) is 0 Å². The number of thiol groups is 1. The molecule has 0 amide bonds. The molecule has 1 aliphatic heterocycles. The summed E-state index contributed by atoms with van der Waals surface area (Å²) < 4.78 is 0. The highest BCUT2D eigenvalue weighted by atomic mass is 35.5. The first kappa shape index (κ1) is 15.2. The summed E-state index contributed by atoms with van der Waals surface area (Å²) in [5.74, 6) is 1.35. The van der Waals surface area contributed by atoms with Gasteiger partial charge in [0.25, 0.3) is 0 Å². The zero-order chi connectivity index (χ0) is 15.5. The summed E-state index contributed by atoms with van der Waals surface area (Å²) in [6.07, 6.45) is 1.76. The van der Waals surface area contributed by atoms with Crippen LogP contribution in [0.1, 0.15) is 5.56 Å². The van der Waals surface area contributed by atoms with Crippen molar-refractivity contribution in [2.24, 2.45) is 0 Å². The number of benzene rings is 1. The fourth-order valence-corrected chi connectivity index (χ4v) is 3.10. The minimum Gasteiger partial charge on any atom is -0.353 e. The Morgan fingerprint density at radius 3 is 2.50 bits per heavy atom. The molecule has 1 fully saturated rings. The normalized spacial score (nSPS) is 15.0. The van der Waals surface area contributed by atoms with E-state index in [1.54, 1.807) is 6.20 Å². The van der Waals surface area contributed by atoms with Crippen LogP contribution in [-0.2, 0) is 0 Å². The molecule has 1 saturated heterocycles. The van der Waals surface area contributed by atoms with E-state index in [1.165, 1.54) is 0 Å². The highest BCUT2D eigenvalue weighted by Gasteiger charge is 2.22. The Bertz CT molecular complexity index is 683. The van der Waals surface area contributed by atoms with Gasteiger partial charge in [-0.1, -0.05) is 29.8 Å². The summed E-state index contributed by atoms with van der Waals surface area (Å²) in [6.45, 7) is 3.14. The van der Waals surface area contributed by atoms with Crippen molar-refractivity contribution < 1.29 is 0 Å². The Morgan fingerprint density at radius 2 is 1.82 bits per heavy atom. The van der Waals surface area contributed by atoms with E-state index in [9.17, 15) is 0 Å². The van der Waals surface area contributed by atoms with Crippen LogP contribution < -0.4 is 4.90 Å². The molecule has 6 heteroatoms. The number of hydrogen-bond donors (Lipinski definition) is 2. The molecular formula is C16H17ClN4S. The van der Waals surface area contributed by atoms with Gasteiger partial charge < -0.3 is 9.80 Å². The number of hydrogen-bond acceptors (Lipinski definition) is 4. The van der Waals surface area contributed by atoms with Gasteiger partial charge in [-0.05, 0) is 18.2 Å². The van der Waals surface area contributed by atoms with E-state index in [-0.39, 0.29) is 0 Å². The summed E-state index contributed by atoms with van der Waals surface area (Å²) in [5, 5.41) is 9.07. The lowest BCUT2D eigenvalue weighted by atomic mass is 10.1. The topological polar surface area (TPSA) is 43.2 Å². The standard InChI is InChI=1S/C16H17ClN4S/c17-13-5-3-7-19-16(13)21-10-8-20(9-11-21)15(18)12-4-1-2-6-14(12)22/h1-7,18,22H,8-11H2. The van der Waals surface area contributed by atoms with Gasteiger partial charge in [0.15, 0.2) is 0 Å². The summed E-state index contributed by atoms with van der Waals surface area (Å²) in [7, 11) is 0. The number of aromatic nitrogens is 1. The van der Waals surface area contributed by atoms with Crippen LogP contribution in [0.2, 0.25) is 5.02 Å². The second-order valence-electron chi connectivity index (χ2n) is 5.15. The Kier molecular flexibility index (Phi) is 4.55. The largest absolute Gasteiger partial charge is 0.353 e. The van der Waals surface area contributed by atoms with Crippen molar-refractivity contribution >= 4 is 35.9 Å². The fraction of sp³-hybridized carbons (Fsp3) is 0.250. The smallest absolute Gasteiger partial charge is 0.147 e. The van der Waals surface area contributed by atoms with Crippen LogP contribution in [0.3, 0.4) is 0 Å². The molecule has 1 N–H and O–H groups in total. The highest BCUT2D eigenvalue weighted by Crippen LogP contribution is 2.24. The molecule has 1 aromatic heterocycles. The zero-order valence-corrected chi connectivity index (χ0v) is 13.7. The Morgan fingerprint density at radius 1 is 1.09 bits per heavy atom. The maximum atomic E-state index is 8.39. The van der Waals surface area contributed by atoms with Gasteiger partial charge in [-0.2, -0.15) is 0 Å². The lowest BCUT2D eigenvalue weighted by molar-refractivity contribution is 0.383. The summed E-state index contributed by atoms with van der Waals surface area (Å²) >= 11 is 10.6.